The van der Waals surface area contributed by atoms with Crippen molar-refractivity contribution in [3.63, 3.8) is 0 Å². The normalized spacial score (nSPS) is 19.2. The second kappa shape index (κ2) is 8.06. The molecule has 7 heteroatoms. The van der Waals surface area contributed by atoms with Crippen LogP contribution in [0.5, 0.6) is 0 Å². The molecule has 2 unspecified atom stereocenters. The fourth-order valence-corrected chi connectivity index (χ4v) is 4.11. The zero-order valence-corrected chi connectivity index (χ0v) is 17.6. The van der Waals surface area contributed by atoms with Gasteiger partial charge in [0.05, 0.1) is 0 Å². The summed E-state index contributed by atoms with van der Waals surface area (Å²) in [5.41, 5.74) is 3.32. The number of carboxylic acid groups (broad SMARTS) is 1. The van der Waals surface area contributed by atoms with Crippen LogP contribution in [0.15, 0.2) is 48.5 Å². The molecule has 0 saturated heterocycles. The molecule has 1 saturated carbocycles. The molecule has 2 aliphatic rings. The van der Waals surface area contributed by atoms with Gasteiger partial charge in [0.25, 0.3) is 0 Å². The van der Waals surface area contributed by atoms with Crippen LogP contribution in [0, 0.1) is 11.8 Å². The molecule has 7 nitrogen and oxygen atoms in total. The largest absolute Gasteiger partial charge is 0.480 e. The lowest BCUT2D eigenvalue weighted by Crippen LogP contribution is -2.50. The van der Waals surface area contributed by atoms with Crippen molar-refractivity contribution >= 4 is 18.0 Å². The summed E-state index contributed by atoms with van der Waals surface area (Å²) in [6, 6.07) is 16.3. The van der Waals surface area contributed by atoms with Crippen LogP contribution in [0.25, 0.3) is 11.1 Å². The Kier molecular flexibility index (Phi) is 5.43. The molecule has 0 aliphatic heterocycles. The van der Waals surface area contributed by atoms with Crippen LogP contribution in [0.2, 0.25) is 0 Å². The maximum Gasteiger partial charge on any atom is 0.407 e. The molecule has 0 bridgehead atoms. The number of rotatable bonds is 7. The summed E-state index contributed by atoms with van der Waals surface area (Å²) in [5, 5.41) is 14.4. The Labute approximate surface area is 180 Å². The van der Waals surface area contributed by atoms with Crippen molar-refractivity contribution < 1.29 is 24.2 Å². The van der Waals surface area contributed by atoms with E-state index in [1.54, 1.807) is 0 Å². The van der Waals surface area contributed by atoms with Gasteiger partial charge in [-0.05, 0) is 48.4 Å². The predicted molar refractivity (Wildman–Crippen MR) is 115 cm³/mol. The van der Waals surface area contributed by atoms with Gasteiger partial charge >= 0.3 is 12.1 Å². The molecule has 2 amide bonds. The molecule has 162 valence electrons. The Balaban J connectivity index is 1.27. The fraction of sp³-hybridized carbons (Fsp3) is 0.375. The van der Waals surface area contributed by atoms with Gasteiger partial charge in [-0.15, -0.1) is 0 Å². The molecule has 0 spiro atoms. The number of carbonyl (C=O) groups is 3. The van der Waals surface area contributed by atoms with Crippen LogP contribution >= 0.6 is 0 Å². The van der Waals surface area contributed by atoms with Crippen molar-refractivity contribution in [3.8, 4) is 11.1 Å². The average Bonchev–Trinajstić information content (AvgIpc) is 3.46. The van der Waals surface area contributed by atoms with Crippen molar-refractivity contribution in [1.82, 2.24) is 10.6 Å². The quantitative estimate of drug-likeness (QED) is 0.636. The lowest BCUT2D eigenvalue weighted by atomic mass is 9.98. The summed E-state index contributed by atoms with van der Waals surface area (Å²) < 4.78 is 5.50. The summed E-state index contributed by atoms with van der Waals surface area (Å²) >= 11 is 0. The first-order valence-electron chi connectivity index (χ1n) is 10.4. The highest BCUT2D eigenvalue weighted by molar-refractivity contribution is 5.89. The number of fused-ring (bicyclic) bond motifs is 3. The molecule has 2 atom stereocenters. The molecular formula is C24H26N2O5. The fourth-order valence-electron chi connectivity index (χ4n) is 4.11. The highest BCUT2D eigenvalue weighted by atomic mass is 16.5. The maximum absolute atomic E-state index is 12.2. The second-order valence-corrected chi connectivity index (χ2v) is 8.73. The molecule has 0 radical (unpaired) electrons. The molecule has 2 aromatic carbocycles. The number of alkyl carbamates (subject to hydrolysis) is 1. The molecule has 3 N–H and O–H groups in total. The van der Waals surface area contributed by atoms with Gasteiger partial charge < -0.3 is 20.5 Å². The van der Waals surface area contributed by atoms with Gasteiger partial charge in [0.1, 0.15) is 12.1 Å². The molecule has 2 aromatic rings. The average molecular weight is 422 g/mol. The highest BCUT2D eigenvalue weighted by Gasteiger charge is 2.45. The van der Waals surface area contributed by atoms with Crippen LogP contribution < -0.4 is 10.6 Å². The smallest absolute Gasteiger partial charge is 0.407 e. The van der Waals surface area contributed by atoms with Gasteiger partial charge in [-0.2, -0.15) is 0 Å². The minimum atomic E-state index is -1.32. The van der Waals surface area contributed by atoms with E-state index < -0.39 is 17.6 Å². The standard InChI is InChI=1S/C24H26N2O5/c1-24(2,22(28)29)26-21(27)19-11-14(19)12-25-23(30)31-13-20-17-9-5-3-7-15(17)16-8-4-6-10-18(16)20/h3-10,14,19-20H,11-13H2,1-2H3,(H,25,30)(H,26,27)(H,28,29). The molecule has 31 heavy (non-hydrogen) atoms. The number of aliphatic carboxylic acids is 1. The first kappa shape index (κ1) is 20.9. The van der Waals surface area contributed by atoms with E-state index in [-0.39, 0.29) is 30.3 Å². The van der Waals surface area contributed by atoms with E-state index >= 15 is 0 Å². The number of benzene rings is 2. The van der Waals surface area contributed by atoms with Crippen molar-refractivity contribution in [3.05, 3.63) is 59.7 Å². The number of hydrogen-bond donors (Lipinski definition) is 3. The monoisotopic (exact) mass is 422 g/mol. The van der Waals surface area contributed by atoms with Gasteiger partial charge in [0.15, 0.2) is 0 Å². The maximum atomic E-state index is 12.2. The molecule has 0 heterocycles. The topological polar surface area (TPSA) is 105 Å². The summed E-state index contributed by atoms with van der Waals surface area (Å²) in [6.45, 7) is 3.45. The van der Waals surface area contributed by atoms with Crippen LogP contribution in [0.1, 0.15) is 37.3 Å². The number of nitrogens with one attached hydrogen (secondary N) is 2. The zero-order valence-electron chi connectivity index (χ0n) is 17.6. The third kappa shape index (κ3) is 4.26. The van der Waals surface area contributed by atoms with Crippen LogP contribution in [0.3, 0.4) is 0 Å². The van der Waals surface area contributed by atoms with Crippen molar-refractivity contribution in [2.45, 2.75) is 31.7 Å². The number of amides is 2. The van der Waals surface area contributed by atoms with Crippen molar-refractivity contribution in [2.24, 2.45) is 11.8 Å². The van der Waals surface area contributed by atoms with E-state index in [4.69, 9.17) is 9.84 Å². The first-order chi connectivity index (χ1) is 14.8. The second-order valence-electron chi connectivity index (χ2n) is 8.73. The van der Waals surface area contributed by atoms with Gasteiger partial charge in [0, 0.05) is 18.4 Å². The van der Waals surface area contributed by atoms with Gasteiger partial charge in [-0.3, -0.25) is 4.79 Å². The van der Waals surface area contributed by atoms with E-state index in [1.807, 2.05) is 24.3 Å². The van der Waals surface area contributed by atoms with Crippen LogP contribution in [0.4, 0.5) is 4.79 Å². The van der Waals surface area contributed by atoms with E-state index in [0.717, 1.165) is 11.1 Å². The summed E-state index contributed by atoms with van der Waals surface area (Å²) in [6.07, 6.45) is 0.101. The summed E-state index contributed by atoms with van der Waals surface area (Å²) in [4.78, 5) is 35.6. The SMILES string of the molecule is CC(C)(NC(=O)C1CC1CNC(=O)OCC1c2ccccc2-c2ccccc21)C(=O)O. The Morgan fingerprint density at radius 2 is 1.61 bits per heavy atom. The lowest BCUT2D eigenvalue weighted by Gasteiger charge is -2.21. The summed E-state index contributed by atoms with van der Waals surface area (Å²) in [7, 11) is 0. The number of ether oxygens (including phenoxy) is 1. The Hall–Kier alpha value is -3.35. The molecule has 2 aliphatic carbocycles. The summed E-state index contributed by atoms with van der Waals surface area (Å²) in [5.74, 6) is -1.69. The van der Waals surface area contributed by atoms with Crippen molar-refractivity contribution in [2.75, 3.05) is 13.2 Å². The van der Waals surface area contributed by atoms with Crippen LogP contribution in [-0.4, -0.2) is 41.8 Å². The number of hydrogen-bond acceptors (Lipinski definition) is 4. The first-order valence-corrected chi connectivity index (χ1v) is 10.4. The molecule has 1 fully saturated rings. The molecule has 4 rings (SSSR count). The molecular weight excluding hydrogens is 396 g/mol. The minimum absolute atomic E-state index is 0.00384. The van der Waals surface area contributed by atoms with Gasteiger partial charge in [-0.1, -0.05) is 48.5 Å². The van der Waals surface area contributed by atoms with Crippen LogP contribution in [-0.2, 0) is 14.3 Å². The van der Waals surface area contributed by atoms with E-state index in [0.29, 0.717) is 13.0 Å². The zero-order chi connectivity index (χ0) is 22.2. The van der Waals surface area contributed by atoms with Gasteiger partial charge in [-0.25, -0.2) is 9.59 Å². The third-order valence-corrected chi connectivity index (χ3v) is 6.08. The van der Waals surface area contributed by atoms with Crippen molar-refractivity contribution in [1.29, 1.82) is 0 Å². The minimum Gasteiger partial charge on any atom is -0.480 e. The lowest BCUT2D eigenvalue weighted by molar-refractivity contribution is -0.146. The van der Waals surface area contributed by atoms with E-state index in [1.165, 1.54) is 25.0 Å². The highest BCUT2D eigenvalue weighted by Crippen LogP contribution is 2.44. The van der Waals surface area contributed by atoms with Gasteiger partial charge in [0.2, 0.25) is 5.91 Å². The number of carboxylic acids is 1. The third-order valence-electron chi connectivity index (χ3n) is 6.08. The molecule has 0 aromatic heterocycles. The Bertz CT molecular complexity index is 987. The number of carbonyl (C=O) groups excluding carboxylic acids is 2. The Morgan fingerprint density at radius 3 is 2.19 bits per heavy atom. The van der Waals surface area contributed by atoms with E-state index in [9.17, 15) is 14.4 Å². The Morgan fingerprint density at radius 1 is 1.03 bits per heavy atom. The van der Waals surface area contributed by atoms with E-state index in [2.05, 4.69) is 34.9 Å². The predicted octanol–water partition coefficient (Wildman–Crippen LogP) is 3.14.